The second-order valence-electron chi connectivity index (χ2n) is 6.59. The van der Waals surface area contributed by atoms with Gasteiger partial charge in [0.25, 0.3) is 0 Å². The third kappa shape index (κ3) is 4.71. The summed E-state index contributed by atoms with van der Waals surface area (Å²) in [5, 5.41) is 7.64. The molecule has 2 aromatic carbocycles. The lowest BCUT2D eigenvalue weighted by molar-refractivity contribution is -0.117. The highest BCUT2D eigenvalue weighted by atomic mass is 35.5. The summed E-state index contributed by atoms with van der Waals surface area (Å²) in [6.45, 7) is 0.982. The molecule has 0 saturated heterocycles. The molecular formula is C21H23ClN4O2. The monoisotopic (exact) mass is 398 g/mol. The number of nitrogens with zero attached hydrogens (tertiary/aromatic N) is 3. The number of nitrogens with one attached hydrogen (secondary N) is 1. The molecule has 1 N–H and O–H groups in total. The number of halogens is 1. The van der Waals surface area contributed by atoms with Gasteiger partial charge in [-0.3, -0.25) is 14.4 Å². The molecular weight excluding hydrogens is 376 g/mol. The first kappa shape index (κ1) is 19.9. The molecule has 146 valence electrons. The Morgan fingerprint density at radius 1 is 1.25 bits per heavy atom. The molecule has 7 heteroatoms. The molecule has 1 heterocycles. The van der Waals surface area contributed by atoms with Gasteiger partial charge in [-0.05, 0) is 30.8 Å². The lowest BCUT2D eigenvalue weighted by atomic mass is 10.1. The SMILES string of the molecule is COc1ccc(NC(=O)CN(C)Cc2ccccc2)cc1-c1c(Cl)cnn1C. The van der Waals surface area contributed by atoms with E-state index >= 15 is 0 Å². The number of carbonyl (C=O) groups excluding carboxylic acids is 1. The molecule has 3 rings (SSSR count). The minimum absolute atomic E-state index is 0.0920. The van der Waals surface area contributed by atoms with Crippen LogP contribution >= 0.6 is 11.6 Å². The predicted molar refractivity (Wildman–Crippen MR) is 112 cm³/mol. The first-order valence-corrected chi connectivity index (χ1v) is 9.24. The molecule has 0 bridgehead atoms. The molecule has 0 saturated carbocycles. The highest BCUT2D eigenvalue weighted by Gasteiger charge is 2.16. The summed E-state index contributed by atoms with van der Waals surface area (Å²) in [5.41, 5.74) is 3.33. The van der Waals surface area contributed by atoms with Crippen LogP contribution in [0, 0.1) is 0 Å². The Morgan fingerprint density at radius 2 is 2.00 bits per heavy atom. The van der Waals surface area contributed by atoms with Crippen molar-refractivity contribution in [1.29, 1.82) is 0 Å². The molecule has 0 spiro atoms. The Kier molecular flexibility index (Phi) is 6.34. The van der Waals surface area contributed by atoms with E-state index in [2.05, 4.69) is 10.4 Å². The maximum absolute atomic E-state index is 12.5. The van der Waals surface area contributed by atoms with Gasteiger partial charge in [0.15, 0.2) is 0 Å². The lowest BCUT2D eigenvalue weighted by Crippen LogP contribution is -2.29. The zero-order valence-corrected chi connectivity index (χ0v) is 16.9. The number of benzene rings is 2. The van der Waals surface area contributed by atoms with Gasteiger partial charge in [0.1, 0.15) is 5.75 Å². The standard InChI is InChI=1S/C21H23ClN4O2/c1-25(13-15-7-5-4-6-8-15)14-20(27)24-16-9-10-19(28-3)17(11-16)21-18(22)12-23-26(21)2/h4-12H,13-14H2,1-3H3,(H,24,27). The number of rotatable bonds is 7. The zero-order chi connectivity index (χ0) is 20.1. The predicted octanol–water partition coefficient (Wildman–Crippen LogP) is 3.82. The van der Waals surface area contributed by atoms with Crippen LogP contribution in [0.4, 0.5) is 5.69 Å². The number of carbonyl (C=O) groups is 1. The van der Waals surface area contributed by atoms with E-state index in [1.54, 1.807) is 18.0 Å². The van der Waals surface area contributed by atoms with Gasteiger partial charge in [-0.1, -0.05) is 41.9 Å². The zero-order valence-electron chi connectivity index (χ0n) is 16.1. The molecule has 0 atom stereocenters. The molecule has 28 heavy (non-hydrogen) atoms. The van der Waals surface area contributed by atoms with Gasteiger partial charge in [-0.15, -0.1) is 0 Å². The molecule has 1 aromatic heterocycles. The lowest BCUT2D eigenvalue weighted by Gasteiger charge is -2.17. The number of methoxy groups -OCH3 is 1. The maximum Gasteiger partial charge on any atom is 0.238 e. The minimum atomic E-state index is -0.0920. The number of hydrogen-bond donors (Lipinski definition) is 1. The van der Waals surface area contributed by atoms with E-state index in [4.69, 9.17) is 16.3 Å². The average molecular weight is 399 g/mol. The third-order valence-electron chi connectivity index (χ3n) is 4.34. The topological polar surface area (TPSA) is 59.4 Å². The van der Waals surface area contributed by atoms with Gasteiger partial charge in [0.2, 0.25) is 5.91 Å². The normalized spacial score (nSPS) is 10.9. The number of aromatic nitrogens is 2. The Bertz CT molecular complexity index is 937. The molecule has 0 aliphatic heterocycles. The first-order valence-electron chi connectivity index (χ1n) is 8.86. The van der Waals surface area contributed by atoms with Gasteiger partial charge in [-0.25, -0.2) is 0 Å². The van der Waals surface area contributed by atoms with E-state index in [0.29, 0.717) is 23.0 Å². The van der Waals surface area contributed by atoms with Crippen molar-refractivity contribution in [3.8, 4) is 17.0 Å². The summed E-state index contributed by atoms with van der Waals surface area (Å²) < 4.78 is 7.13. The van der Waals surface area contributed by atoms with Crippen molar-refractivity contribution in [2.45, 2.75) is 6.54 Å². The van der Waals surface area contributed by atoms with Gasteiger partial charge >= 0.3 is 0 Å². The van der Waals surface area contributed by atoms with Crippen LogP contribution in [-0.4, -0.2) is 41.3 Å². The van der Waals surface area contributed by atoms with Crippen LogP contribution in [0.25, 0.3) is 11.3 Å². The largest absolute Gasteiger partial charge is 0.496 e. The second kappa shape index (κ2) is 8.91. The van der Waals surface area contributed by atoms with Crippen molar-refractivity contribution in [2.75, 3.05) is 26.0 Å². The van der Waals surface area contributed by atoms with E-state index in [0.717, 1.165) is 16.8 Å². The van der Waals surface area contributed by atoms with Crippen LogP contribution in [0.2, 0.25) is 5.02 Å². The maximum atomic E-state index is 12.5. The van der Waals surface area contributed by atoms with Crippen molar-refractivity contribution < 1.29 is 9.53 Å². The second-order valence-corrected chi connectivity index (χ2v) is 6.99. The average Bonchev–Trinajstić information content (AvgIpc) is 3.00. The number of aryl methyl sites for hydroxylation is 1. The van der Waals surface area contributed by atoms with Crippen molar-refractivity contribution in [3.05, 3.63) is 65.3 Å². The summed E-state index contributed by atoms with van der Waals surface area (Å²) in [6, 6.07) is 15.5. The molecule has 0 unspecified atom stereocenters. The van der Waals surface area contributed by atoms with Crippen LogP contribution in [0.3, 0.4) is 0 Å². The number of ether oxygens (including phenoxy) is 1. The summed E-state index contributed by atoms with van der Waals surface area (Å²) in [5.74, 6) is 0.565. The van der Waals surface area contributed by atoms with Crippen LogP contribution in [0.15, 0.2) is 54.7 Å². The Labute approximate surface area is 169 Å². The van der Waals surface area contributed by atoms with E-state index in [-0.39, 0.29) is 12.5 Å². The van der Waals surface area contributed by atoms with Crippen LogP contribution < -0.4 is 10.1 Å². The number of anilines is 1. The molecule has 0 aliphatic carbocycles. The number of amides is 1. The Hall–Kier alpha value is -2.83. The highest BCUT2D eigenvalue weighted by Crippen LogP contribution is 2.36. The van der Waals surface area contributed by atoms with Crippen molar-refractivity contribution in [2.24, 2.45) is 7.05 Å². The molecule has 0 radical (unpaired) electrons. The number of likely N-dealkylation sites (N-methyl/N-ethyl adjacent to an activating group) is 1. The number of hydrogen-bond acceptors (Lipinski definition) is 4. The first-order chi connectivity index (χ1) is 13.5. The van der Waals surface area contributed by atoms with Gasteiger partial charge < -0.3 is 10.1 Å². The van der Waals surface area contributed by atoms with Crippen LogP contribution in [0.5, 0.6) is 5.75 Å². The summed E-state index contributed by atoms with van der Waals surface area (Å²) >= 11 is 6.28. The van der Waals surface area contributed by atoms with E-state index in [9.17, 15) is 4.79 Å². The van der Waals surface area contributed by atoms with Crippen molar-refractivity contribution in [1.82, 2.24) is 14.7 Å². The fraction of sp³-hybridized carbons (Fsp3) is 0.238. The van der Waals surface area contributed by atoms with Gasteiger partial charge in [0.05, 0.1) is 30.6 Å². The Morgan fingerprint density at radius 3 is 2.64 bits per heavy atom. The fourth-order valence-corrected chi connectivity index (χ4v) is 3.35. The van der Waals surface area contributed by atoms with E-state index in [1.807, 2.05) is 67.5 Å². The van der Waals surface area contributed by atoms with Crippen molar-refractivity contribution in [3.63, 3.8) is 0 Å². The molecule has 1 amide bonds. The Balaban J connectivity index is 1.72. The molecule has 0 aliphatic rings. The van der Waals surface area contributed by atoms with E-state index in [1.165, 1.54) is 0 Å². The smallest absolute Gasteiger partial charge is 0.238 e. The summed E-state index contributed by atoms with van der Waals surface area (Å²) in [4.78, 5) is 14.4. The van der Waals surface area contributed by atoms with Crippen LogP contribution in [-0.2, 0) is 18.4 Å². The van der Waals surface area contributed by atoms with Crippen molar-refractivity contribution >= 4 is 23.2 Å². The molecule has 3 aromatic rings. The molecule has 6 nitrogen and oxygen atoms in total. The third-order valence-corrected chi connectivity index (χ3v) is 4.62. The summed E-state index contributed by atoms with van der Waals surface area (Å²) in [7, 11) is 5.33. The van der Waals surface area contributed by atoms with Gasteiger partial charge in [0, 0.05) is 24.8 Å². The fourth-order valence-electron chi connectivity index (χ4n) is 3.08. The van der Waals surface area contributed by atoms with E-state index < -0.39 is 0 Å². The minimum Gasteiger partial charge on any atom is -0.496 e. The molecule has 0 fully saturated rings. The van der Waals surface area contributed by atoms with Crippen LogP contribution in [0.1, 0.15) is 5.56 Å². The highest BCUT2D eigenvalue weighted by molar-refractivity contribution is 6.33. The van der Waals surface area contributed by atoms with Gasteiger partial charge in [-0.2, -0.15) is 5.10 Å². The quantitative estimate of drug-likeness (QED) is 0.657. The summed E-state index contributed by atoms with van der Waals surface area (Å²) in [6.07, 6.45) is 1.58.